The van der Waals surface area contributed by atoms with E-state index < -0.39 is 12.1 Å². The van der Waals surface area contributed by atoms with E-state index >= 15 is 0 Å². The van der Waals surface area contributed by atoms with E-state index in [0.717, 1.165) is 11.1 Å². The molecule has 0 amide bonds. The third kappa shape index (κ3) is 3.75. The van der Waals surface area contributed by atoms with Gasteiger partial charge >= 0.3 is 5.97 Å². The monoisotopic (exact) mass is 238 g/mol. The number of ether oxygens (including phenoxy) is 2. The van der Waals surface area contributed by atoms with Crippen molar-refractivity contribution in [3.63, 3.8) is 0 Å². The largest absolute Gasteiger partial charge is 0.496 e. The Morgan fingerprint density at radius 2 is 2.18 bits per heavy atom. The molecule has 0 radical (unpaired) electrons. The number of hydrogen-bond donors (Lipinski definition) is 1. The molecule has 0 unspecified atom stereocenters. The van der Waals surface area contributed by atoms with Crippen LogP contribution in [0.25, 0.3) is 0 Å². The first-order chi connectivity index (χ1) is 8.08. The van der Waals surface area contributed by atoms with Crippen LogP contribution < -0.4 is 4.74 Å². The summed E-state index contributed by atoms with van der Waals surface area (Å²) < 4.78 is 10.4. The molecule has 1 aromatic rings. The molecular weight excluding hydrogens is 220 g/mol. The van der Waals surface area contributed by atoms with Gasteiger partial charge < -0.3 is 14.6 Å². The zero-order valence-electron chi connectivity index (χ0n) is 10.4. The highest BCUT2D eigenvalue weighted by atomic mass is 16.5. The second kappa shape index (κ2) is 6.25. The van der Waals surface area contributed by atoms with Crippen molar-refractivity contribution in [3.8, 4) is 5.75 Å². The van der Waals surface area contributed by atoms with Crippen LogP contribution in [0.2, 0.25) is 0 Å². The van der Waals surface area contributed by atoms with Crippen molar-refractivity contribution in [2.75, 3.05) is 13.7 Å². The van der Waals surface area contributed by atoms with Crippen molar-refractivity contribution < 1.29 is 19.4 Å². The van der Waals surface area contributed by atoms with Gasteiger partial charge in [0.1, 0.15) is 5.75 Å². The number of methoxy groups -OCH3 is 1. The molecule has 0 saturated carbocycles. The molecule has 0 aliphatic carbocycles. The number of hydrogen-bond acceptors (Lipinski definition) is 3. The van der Waals surface area contributed by atoms with Crippen molar-refractivity contribution in [1.82, 2.24) is 0 Å². The Morgan fingerprint density at radius 1 is 1.47 bits per heavy atom. The van der Waals surface area contributed by atoms with Gasteiger partial charge in [0.05, 0.1) is 7.11 Å². The quantitative estimate of drug-likeness (QED) is 0.824. The summed E-state index contributed by atoms with van der Waals surface area (Å²) in [6.07, 6.45) is -0.510. The molecule has 1 rings (SSSR count). The van der Waals surface area contributed by atoms with Crippen LogP contribution in [0.1, 0.15) is 18.1 Å². The summed E-state index contributed by atoms with van der Waals surface area (Å²) >= 11 is 0. The number of aliphatic carboxylic acids is 1. The maximum absolute atomic E-state index is 11.0. The normalized spacial score (nSPS) is 12.2. The minimum Gasteiger partial charge on any atom is -0.496 e. The number of benzene rings is 1. The number of rotatable bonds is 6. The Labute approximate surface area is 101 Å². The van der Waals surface area contributed by atoms with Crippen LogP contribution in [0.3, 0.4) is 0 Å². The molecule has 0 saturated heterocycles. The lowest BCUT2D eigenvalue weighted by Crippen LogP contribution is -2.26. The van der Waals surface area contributed by atoms with E-state index in [1.165, 1.54) is 0 Å². The Hall–Kier alpha value is -1.55. The molecule has 0 aromatic heterocycles. The number of carbonyl (C=O) groups is 1. The molecule has 17 heavy (non-hydrogen) atoms. The fourth-order valence-corrected chi connectivity index (χ4v) is 1.69. The van der Waals surface area contributed by atoms with Gasteiger partial charge in [0.15, 0.2) is 6.10 Å². The molecule has 0 fully saturated rings. The van der Waals surface area contributed by atoms with Crippen molar-refractivity contribution in [1.29, 1.82) is 0 Å². The first kappa shape index (κ1) is 13.5. The molecule has 1 N–H and O–H groups in total. The topological polar surface area (TPSA) is 55.8 Å². The van der Waals surface area contributed by atoms with Crippen LogP contribution in [0.15, 0.2) is 18.2 Å². The van der Waals surface area contributed by atoms with E-state index in [4.69, 9.17) is 14.6 Å². The summed E-state index contributed by atoms with van der Waals surface area (Å²) in [5, 5.41) is 9.03. The maximum Gasteiger partial charge on any atom is 0.333 e. The lowest BCUT2D eigenvalue weighted by atomic mass is 10.0. The average Bonchev–Trinajstić information content (AvgIpc) is 2.28. The van der Waals surface area contributed by atoms with Gasteiger partial charge in [-0.2, -0.15) is 0 Å². The Morgan fingerprint density at radius 3 is 2.71 bits per heavy atom. The average molecular weight is 238 g/mol. The number of aryl methyl sites for hydroxylation is 1. The zero-order valence-corrected chi connectivity index (χ0v) is 10.4. The molecule has 1 atom stereocenters. The van der Waals surface area contributed by atoms with E-state index in [1.54, 1.807) is 14.0 Å². The third-order valence-corrected chi connectivity index (χ3v) is 2.48. The highest BCUT2D eigenvalue weighted by molar-refractivity contribution is 5.73. The molecule has 94 valence electrons. The van der Waals surface area contributed by atoms with Gasteiger partial charge in [0.2, 0.25) is 0 Å². The van der Waals surface area contributed by atoms with E-state index in [9.17, 15) is 4.79 Å². The lowest BCUT2D eigenvalue weighted by Gasteiger charge is -2.15. The summed E-state index contributed by atoms with van der Waals surface area (Å²) in [5.74, 6) is -0.253. The van der Waals surface area contributed by atoms with Gasteiger partial charge in [0, 0.05) is 13.0 Å². The van der Waals surface area contributed by atoms with Gasteiger partial charge in [-0.3, -0.25) is 0 Å². The minimum atomic E-state index is -0.949. The summed E-state index contributed by atoms with van der Waals surface area (Å²) in [6.45, 7) is 4.12. The van der Waals surface area contributed by atoms with Crippen LogP contribution in [0.4, 0.5) is 0 Å². The van der Waals surface area contributed by atoms with Crippen LogP contribution in [-0.2, 0) is 16.0 Å². The zero-order chi connectivity index (χ0) is 12.8. The van der Waals surface area contributed by atoms with Crippen molar-refractivity contribution in [2.24, 2.45) is 0 Å². The first-order valence-corrected chi connectivity index (χ1v) is 5.56. The van der Waals surface area contributed by atoms with E-state index in [0.29, 0.717) is 18.8 Å². The number of carboxylic acid groups (broad SMARTS) is 1. The predicted molar refractivity (Wildman–Crippen MR) is 64.5 cm³/mol. The van der Waals surface area contributed by atoms with Gasteiger partial charge in [0.25, 0.3) is 0 Å². The summed E-state index contributed by atoms with van der Waals surface area (Å²) in [4.78, 5) is 11.0. The minimum absolute atomic E-state index is 0.314. The standard InChI is InChI=1S/C13H18O4/c1-4-17-12(13(14)15)8-10-7-9(2)5-6-11(10)16-3/h5-7,12H,4,8H2,1-3H3,(H,14,15)/t12-/m1/s1. The fraction of sp³-hybridized carbons (Fsp3) is 0.462. The Kier molecular flexibility index (Phi) is 4.97. The van der Waals surface area contributed by atoms with E-state index in [-0.39, 0.29) is 0 Å². The fourth-order valence-electron chi connectivity index (χ4n) is 1.69. The molecule has 4 nitrogen and oxygen atoms in total. The van der Waals surface area contributed by atoms with Crippen molar-refractivity contribution in [3.05, 3.63) is 29.3 Å². The number of carboxylic acids is 1. The van der Waals surface area contributed by atoms with Crippen molar-refractivity contribution in [2.45, 2.75) is 26.4 Å². The third-order valence-electron chi connectivity index (χ3n) is 2.48. The van der Waals surface area contributed by atoms with Crippen LogP contribution in [0.5, 0.6) is 5.75 Å². The van der Waals surface area contributed by atoms with Gasteiger partial charge in [-0.15, -0.1) is 0 Å². The summed E-state index contributed by atoms with van der Waals surface area (Å²) in [5.41, 5.74) is 1.93. The summed E-state index contributed by atoms with van der Waals surface area (Å²) in [7, 11) is 1.57. The van der Waals surface area contributed by atoms with Gasteiger partial charge in [-0.1, -0.05) is 17.7 Å². The molecule has 0 aliphatic rings. The predicted octanol–water partition coefficient (Wildman–Crippen LogP) is 2.04. The van der Waals surface area contributed by atoms with Crippen molar-refractivity contribution >= 4 is 5.97 Å². The second-order valence-corrected chi connectivity index (χ2v) is 3.80. The molecular formula is C13H18O4. The highest BCUT2D eigenvalue weighted by Gasteiger charge is 2.19. The lowest BCUT2D eigenvalue weighted by molar-refractivity contribution is -0.149. The maximum atomic E-state index is 11.0. The molecule has 4 heteroatoms. The molecule has 0 spiro atoms. The SMILES string of the molecule is CCO[C@H](Cc1cc(C)ccc1OC)C(=O)O. The van der Waals surface area contributed by atoms with Gasteiger partial charge in [-0.25, -0.2) is 4.79 Å². The first-order valence-electron chi connectivity index (χ1n) is 5.56. The van der Waals surface area contributed by atoms with Crippen LogP contribution in [0, 0.1) is 6.92 Å². The van der Waals surface area contributed by atoms with E-state index in [2.05, 4.69) is 0 Å². The Balaban J connectivity index is 2.91. The Bertz CT molecular complexity index is 387. The van der Waals surface area contributed by atoms with Gasteiger partial charge in [-0.05, 0) is 25.5 Å². The highest BCUT2D eigenvalue weighted by Crippen LogP contribution is 2.22. The second-order valence-electron chi connectivity index (χ2n) is 3.80. The summed E-state index contributed by atoms with van der Waals surface area (Å²) in [6, 6.07) is 5.70. The van der Waals surface area contributed by atoms with E-state index in [1.807, 2.05) is 25.1 Å². The molecule has 0 aliphatic heterocycles. The van der Waals surface area contributed by atoms with Crippen LogP contribution >= 0.6 is 0 Å². The molecule has 1 aromatic carbocycles. The molecule has 0 bridgehead atoms. The smallest absolute Gasteiger partial charge is 0.333 e. The van der Waals surface area contributed by atoms with Crippen LogP contribution in [-0.4, -0.2) is 30.9 Å². The molecule has 0 heterocycles.